The van der Waals surface area contributed by atoms with Gasteiger partial charge in [-0.2, -0.15) is 0 Å². The third-order valence-electron chi connectivity index (χ3n) is 4.39. The molecule has 0 aliphatic carbocycles. The molecule has 30 heavy (non-hydrogen) atoms. The molecule has 0 aliphatic heterocycles. The first-order valence-corrected chi connectivity index (χ1v) is 10.3. The molecule has 2 aromatic heterocycles. The first-order chi connectivity index (χ1) is 14.5. The van der Waals surface area contributed by atoms with Gasteiger partial charge in [0.25, 0.3) is 5.91 Å². The van der Waals surface area contributed by atoms with Crippen LogP contribution < -0.4 is 9.64 Å². The zero-order valence-electron chi connectivity index (χ0n) is 16.0. The van der Waals surface area contributed by atoms with Crippen LogP contribution in [0.5, 0.6) is 5.75 Å². The minimum absolute atomic E-state index is 0.214. The van der Waals surface area contributed by atoms with E-state index in [-0.39, 0.29) is 24.9 Å². The number of aromatic nitrogens is 2. The number of anilines is 1. The Morgan fingerprint density at radius 1 is 1.20 bits per heavy atom. The predicted octanol–water partition coefficient (Wildman–Crippen LogP) is 5.40. The summed E-state index contributed by atoms with van der Waals surface area (Å²) in [7, 11) is 0. The van der Waals surface area contributed by atoms with Crippen LogP contribution in [0.15, 0.2) is 60.8 Å². The third-order valence-corrected chi connectivity index (χ3v) is 5.64. The van der Waals surface area contributed by atoms with Gasteiger partial charge in [0.15, 0.2) is 11.7 Å². The Labute approximate surface area is 181 Å². The zero-order chi connectivity index (χ0) is 21.1. The Morgan fingerprint density at radius 2 is 2.00 bits per heavy atom. The number of benzene rings is 2. The molecule has 0 saturated carbocycles. The molecule has 5 nitrogen and oxygen atoms in total. The topological polar surface area (TPSA) is 55.3 Å². The van der Waals surface area contributed by atoms with Gasteiger partial charge in [-0.3, -0.25) is 14.7 Å². The van der Waals surface area contributed by atoms with Crippen molar-refractivity contribution in [1.82, 2.24) is 9.97 Å². The minimum atomic E-state index is -0.367. The average molecular weight is 442 g/mol. The van der Waals surface area contributed by atoms with Crippen molar-refractivity contribution in [3.05, 3.63) is 82.9 Å². The van der Waals surface area contributed by atoms with E-state index in [1.54, 1.807) is 11.1 Å². The van der Waals surface area contributed by atoms with Crippen LogP contribution in [0.4, 0.5) is 9.52 Å². The fourth-order valence-corrected chi connectivity index (χ4v) is 4.36. The number of thiazole rings is 1. The number of fused-ring (bicyclic) bond motifs is 1. The Morgan fingerprint density at radius 3 is 2.73 bits per heavy atom. The average Bonchev–Trinajstić information content (AvgIpc) is 3.16. The summed E-state index contributed by atoms with van der Waals surface area (Å²) in [6, 6.07) is 14.7. The third kappa shape index (κ3) is 4.58. The monoisotopic (exact) mass is 441 g/mol. The summed E-state index contributed by atoms with van der Waals surface area (Å²) in [6.45, 7) is 1.97. The molecule has 0 atom stereocenters. The molecule has 1 amide bonds. The largest absolute Gasteiger partial charge is 0.484 e. The van der Waals surface area contributed by atoms with Crippen LogP contribution in [0.25, 0.3) is 10.2 Å². The second-order valence-electron chi connectivity index (χ2n) is 6.61. The summed E-state index contributed by atoms with van der Waals surface area (Å²) in [5.41, 5.74) is 2.46. The normalized spacial score (nSPS) is 10.9. The summed E-state index contributed by atoms with van der Waals surface area (Å²) >= 11 is 7.56. The molecular formula is C22H17ClFN3O2S. The van der Waals surface area contributed by atoms with E-state index in [9.17, 15) is 9.18 Å². The Hall–Kier alpha value is -3.03. The van der Waals surface area contributed by atoms with Crippen LogP contribution in [-0.2, 0) is 11.3 Å². The van der Waals surface area contributed by atoms with Gasteiger partial charge in [0.1, 0.15) is 11.6 Å². The highest BCUT2D eigenvalue weighted by Crippen LogP contribution is 2.33. The first-order valence-electron chi connectivity index (χ1n) is 9.15. The fraction of sp³-hybridized carbons (Fsp3) is 0.136. The Balaban J connectivity index is 1.63. The number of amides is 1. The molecule has 152 valence electrons. The van der Waals surface area contributed by atoms with Gasteiger partial charge in [-0.05, 0) is 61.0 Å². The molecule has 0 radical (unpaired) electrons. The zero-order valence-corrected chi connectivity index (χ0v) is 17.6. The van der Waals surface area contributed by atoms with Crippen LogP contribution in [0.3, 0.4) is 0 Å². The van der Waals surface area contributed by atoms with Crippen LogP contribution in [0.1, 0.15) is 11.3 Å². The fourth-order valence-electron chi connectivity index (χ4n) is 2.93. The minimum Gasteiger partial charge on any atom is -0.484 e. The van der Waals surface area contributed by atoms with Crippen LogP contribution in [0, 0.1) is 12.7 Å². The molecule has 0 fully saturated rings. The highest BCUT2D eigenvalue weighted by molar-refractivity contribution is 7.22. The Bertz CT molecular complexity index is 1180. The van der Waals surface area contributed by atoms with Gasteiger partial charge < -0.3 is 4.74 Å². The van der Waals surface area contributed by atoms with Crippen LogP contribution in [0.2, 0.25) is 5.02 Å². The molecule has 0 N–H and O–H groups in total. The summed E-state index contributed by atoms with van der Waals surface area (Å²) in [4.78, 5) is 23.6. The number of halogens is 2. The van der Waals surface area contributed by atoms with Crippen molar-refractivity contribution in [3.63, 3.8) is 0 Å². The van der Waals surface area contributed by atoms with Crippen molar-refractivity contribution in [1.29, 1.82) is 0 Å². The van der Waals surface area contributed by atoms with Gasteiger partial charge in [-0.15, -0.1) is 0 Å². The molecule has 2 heterocycles. The number of nitrogens with zero attached hydrogens (tertiary/aromatic N) is 3. The highest BCUT2D eigenvalue weighted by Gasteiger charge is 2.22. The number of rotatable bonds is 6. The van der Waals surface area contributed by atoms with Gasteiger partial charge in [0.2, 0.25) is 0 Å². The number of hydrogen-bond donors (Lipinski definition) is 0. The van der Waals surface area contributed by atoms with E-state index < -0.39 is 0 Å². The maximum atomic E-state index is 13.1. The molecule has 8 heteroatoms. The number of aryl methyl sites for hydroxylation is 1. The molecule has 0 spiro atoms. The SMILES string of the molecule is Cc1cc(Cl)cc2sc(N(Cc3ccccn3)C(=O)COc3ccc(F)cc3)nc12. The van der Waals surface area contributed by atoms with Crippen molar-refractivity contribution in [2.75, 3.05) is 11.5 Å². The molecule has 0 unspecified atom stereocenters. The van der Waals surface area contributed by atoms with E-state index in [2.05, 4.69) is 9.97 Å². The molecular weight excluding hydrogens is 425 g/mol. The lowest BCUT2D eigenvalue weighted by Gasteiger charge is -2.19. The van der Waals surface area contributed by atoms with Crippen LogP contribution in [-0.4, -0.2) is 22.5 Å². The lowest BCUT2D eigenvalue weighted by Crippen LogP contribution is -2.34. The Kier molecular flexibility index (Phi) is 5.92. The molecule has 4 aromatic rings. The van der Waals surface area contributed by atoms with E-state index in [0.29, 0.717) is 15.9 Å². The van der Waals surface area contributed by atoms with Crippen molar-refractivity contribution in [2.24, 2.45) is 0 Å². The predicted molar refractivity (Wildman–Crippen MR) is 117 cm³/mol. The maximum absolute atomic E-state index is 13.1. The molecule has 0 aliphatic rings. The van der Waals surface area contributed by atoms with Crippen molar-refractivity contribution < 1.29 is 13.9 Å². The second-order valence-corrected chi connectivity index (χ2v) is 8.05. The van der Waals surface area contributed by atoms with Gasteiger partial charge >= 0.3 is 0 Å². The lowest BCUT2D eigenvalue weighted by atomic mass is 10.2. The molecule has 0 saturated heterocycles. The number of carbonyl (C=O) groups is 1. The number of pyridine rings is 1. The summed E-state index contributed by atoms with van der Waals surface area (Å²) in [6.07, 6.45) is 1.68. The molecule has 4 rings (SSSR count). The lowest BCUT2D eigenvalue weighted by molar-refractivity contribution is -0.120. The van der Waals surface area contributed by atoms with Crippen molar-refractivity contribution in [2.45, 2.75) is 13.5 Å². The van der Waals surface area contributed by atoms with Gasteiger partial charge in [-0.1, -0.05) is 29.0 Å². The summed E-state index contributed by atoms with van der Waals surface area (Å²) in [5.74, 6) is -0.240. The number of carbonyl (C=O) groups excluding carboxylic acids is 1. The van der Waals surface area contributed by atoms with E-state index >= 15 is 0 Å². The summed E-state index contributed by atoms with van der Waals surface area (Å²) < 4.78 is 19.5. The summed E-state index contributed by atoms with van der Waals surface area (Å²) in [5, 5.41) is 1.16. The van der Waals surface area contributed by atoms with E-state index in [4.69, 9.17) is 16.3 Å². The van der Waals surface area contributed by atoms with Gasteiger partial charge in [0.05, 0.1) is 22.5 Å². The molecule has 0 bridgehead atoms. The van der Waals surface area contributed by atoms with E-state index in [0.717, 1.165) is 21.5 Å². The standard InChI is InChI=1S/C22H17ClFN3O2S/c1-14-10-15(23)11-19-21(14)26-22(30-19)27(12-17-4-2-3-9-25-17)20(28)13-29-18-7-5-16(24)6-8-18/h2-11H,12-13H2,1H3. The quantitative estimate of drug-likeness (QED) is 0.401. The van der Waals surface area contributed by atoms with E-state index in [1.807, 2.05) is 37.3 Å². The second kappa shape index (κ2) is 8.77. The highest BCUT2D eigenvalue weighted by atomic mass is 35.5. The molecule has 2 aromatic carbocycles. The number of ether oxygens (including phenoxy) is 1. The van der Waals surface area contributed by atoms with Crippen LogP contribution >= 0.6 is 22.9 Å². The smallest absolute Gasteiger partial charge is 0.267 e. The number of hydrogen-bond acceptors (Lipinski definition) is 5. The van der Waals surface area contributed by atoms with Gasteiger partial charge in [0, 0.05) is 11.2 Å². The first kappa shape index (κ1) is 20.3. The maximum Gasteiger partial charge on any atom is 0.267 e. The van der Waals surface area contributed by atoms with Crippen molar-refractivity contribution >= 4 is 44.2 Å². The van der Waals surface area contributed by atoms with E-state index in [1.165, 1.54) is 35.6 Å². The van der Waals surface area contributed by atoms with Gasteiger partial charge in [-0.25, -0.2) is 9.37 Å². The van der Waals surface area contributed by atoms with Crippen molar-refractivity contribution in [3.8, 4) is 5.75 Å².